The molecule has 6 aromatic carbocycles. The van der Waals surface area contributed by atoms with Crippen molar-refractivity contribution in [1.29, 1.82) is 0 Å². The van der Waals surface area contributed by atoms with Gasteiger partial charge in [0.05, 0.1) is 7.11 Å². The number of hydrogen-bond acceptors (Lipinski definition) is 2. The van der Waals surface area contributed by atoms with Crippen LogP contribution in [0.1, 0.15) is 0 Å². The van der Waals surface area contributed by atoms with Gasteiger partial charge in [0.25, 0.3) is 0 Å². The van der Waals surface area contributed by atoms with Crippen molar-refractivity contribution in [2.75, 3.05) is 7.11 Å². The van der Waals surface area contributed by atoms with Crippen molar-refractivity contribution in [2.45, 2.75) is 0 Å². The van der Waals surface area contributed by atoms with Crippen molar-refractivity contribution in [2.24, 2.45) is 0 Å². The molecule has 7 rings (SSSR count). The van der Waals surface area contributed by atoms with E-state index in [2.05, 4.69) is 78.9 Å². The topological polar surface area (TPSA) is 22.4 Å². The largest absolute Gasteiger partial charge is 0.497 e. The second-order valence-corrected chi connectivity index (χ2v) is 8.12. The van der Waals surface area contributed by atoms with Crippen LogP contribution in [0.15, 0.2) is 95.4 Å². The number of rotatable bonds is 2. The molecule has 0 amide bonds. The zero-order valence-corrected chi connectivity index (χ0v) is 17.0. The van der Waals surface area contributed by atoms with Crippen LogP contribution in [0.5, 0.6) is 5.75 Å². The standard InChI is InChI=1S/C29H18O2/c1-30-20-13-11-19-15-26(31-25(19)16-20)23-14-12-18-7-3-9-22-21-8-2-5-17-6-4-10-24(27(17)21)29(23)28(18)22/h2-16H,1H3. The molecule has 0 fully saturated rings. The van der Waals surface area contributed by atoms with Crippen LogP contribution in [0.25, 0.3) is 65.4 Å². The van der Waals surface area contributed by atoms with Crippen LogP contribution < -0.4 is 4.74 Å². The Labute approximate surface area is 178 Å². The lowest BCUT2D eigenvalue weighted by Crippen LogP contribution is -1.89. The van der Waals surface area contributed by atoms with Crippen molar-refractivity contribution in [3.8, 4) is 17.1 Å². The molecule has 0 bridgehead atoms. The lowest BCUT2D eigenvalue weighted by Gasteiger charge is -2.16. The Bertz CT molecular complexity index is 1770. The lowest BCUT2D eigenvalue weighted by atomic mass is 9.87. The van der Waals surface area contributed by atoms with Gasteiger partial charge in [-0.1, -0.05) is 60.7 Å². The van der Waals surface area contributed by atoms with Crippen LogP contribution in [-0.2, 0) is 0 Å². The van der Waals surface area contributed by atoms with E-state index in [0.717, 1.165) is 28.0 Å². The third-order valence-corrected chi connectivity index (χ3v) is 6.50. The van der Waals surface area contributed by atoms with Crippen molar-refractivity contribution in [1.82, 2.24) is 0 Å². The SMILES string of the molecule is COc1ccc2cc(-c3ccc4cccc5c6cccc7cccc(c3c45)c76)oc2c1. The minimum absolute atomic E-state index is 0.800. The first kappa shape index (κ1) is 16.7. The van der Waals surface area contributed by atoms with Crippen molar-refractivity contribution in [3.63, 3.8) is 0 Å². The summed E-state index contributed by atoms with van der Waals surface area (Å²) in [6.45, 7) is 0. The number of methoxy groups -OCH3 is 1. The quantitative estimate of drug-likeness (QED) is 0.216. The summed E-state index contributed by atoms with van der Waals surface area (Å²) in [4.78, 5) is 0. The molecule has 0 spiro atoms. The molecule has 0 radical (unpaired) electrons. The Morgan fingerprint density at radius 3 is 2.03 bits per heavy atom. The number of furan rings is 1. The van der Waals surface area contributed by atoms with E-state index in [1.54, 1.807) is 7.11 Å². The molecule has 31 heavy (non-hydrogen) atoms. The maximum absolute atomic E-state index is 6.36. The first-order valence-electron chi connectivity index (χ1n) is 10.5. The molecule has 1 heterocycles. The van der Waals surface area contributed by atoms with Crippen molar-refractivity contribution in [3.05, 3.63) is 91.0 Å². The molecule has 2 nitrogen and oxygen atoms in total. The fourth-order valence-corrected chi connectivity index (χ4v) is 5.13. The van der Waals surface area contributed by atoms with Gasteiger partial charge in [-0.3, -0.25) is 0 Å². The minimum Gasteiger partial charge on any atom is -0.497 e. The Kier molecular flexibility index (Phi) is 3.23. The molecular formula is C29H18O2. The highest BCUT2D eigenvalue weighted by Crippen LogP contribution is 2.45. The maximum atomic E-state index is 6.36. The van der Waals surface area contributed by atoms with Crippen LogP contribution in [0.4, 0.5) is 0 Å². The van der Waals surface area contributed by atoms with Gasteiger partial charge in [0.1, 0.15) is 17.1 Å². The lowest BCUT2D eigenvalue weighted by molar-refractivity contribution is 0.414. The second-order valence-electron chi connectivity index (χ2n) is 8.12. The van der Waals surface area contributed by atoms with Crippen LogP contribution >= 0.6 is 0 Å². The second kappa shape index (κ2) is 5.99. The summed E-state index contributed by atoms with van der Waals surface area (Å²) in [6.07, 6.45) is 0. The van der Waals surface area contributed by atoms with Crippen molar-refractivity contribution >= 4 is 54.1 Å². The highest BCUT2D eigenvalue weighted by molar-refractivity contribution is 6.35. The summed E-state index contributed by atoms with van der Waals surface area (Å²) in [6, 6.07) is 32.3. The summed E-state index contributed by atoms with van der Waals surface area (Å²) in [5.41, 5.74) is 1.96. The van der Waals surface area contributed by atoms with Gasteiger partial charge in [-0.2, -0.15) is 0 Å². The van der Waals surface area contributed by atoms with E-state index in [9.17, 15) is 0 Å². The fraction of sp³-hybridized carbons (Fsp3) is 0.0345. The normalized spacial score (nSPS) is 12.0. The molecule has 2 heteroatoms. The molecule has 0 aliphatic heterocycles. The molecular weight excluding hydrogens is 380 g/mol. The van der Waals surface area contributed by atoms with E-state index in [0.29, 0.717) is 0 Å². The summed E-state index contributed by atoms with van der Waals surface area (Å²) in [5.74, 6) is 1.68. The van der Waals surface area contributed by atoms with Gasteiger partial charge in [-0.25, -0.2) is 0 Å². The fourth-order valence-electron chi connectivity index (χ4n) is 5.13. The van der Waals surface area contributed by atoms with E-state index in [1.165, 1.54) is 43.1 Å². The zero-order chi connectivity index (χ0) is 20.5. The molecule has 0 aliphatic rings. The third kappa shape index (κ3) is 2.22. The van der Waals surface area contributed by atoms with Crippen LogP contribution in [-0.4, -0.2) is 7.11 Å². The van der Waals surface area contributed by atoms with E-state index >= 15 is 0 Å². The predicted octanol–water partition coefficient (Wildman–Crippen LogP) is 8.16. The van der Waals surface area contributed by atoms with E-state index in [1.807, 2.05) is 12.1 Å². The van der Waals surface area contributed by atoms with Gasteiger partial charge in [-0.15, -0.1) is 0 Å². The summed E-state index contributed by atoms with van der Waals surface area (Å²) < 4.78 is 11.7. The van der Waals surface area contributed by atoms with Crippen LogP contribution in [0, 0.1) is 0 Å². The molecule has 1 aromatic heterocycles. The highest BCUT2D eigenvalue weighted by Gasteiger charge is 2.18. The number of ether oxygens (including phenoxy) is 1. The van der Waals surface area contributed by atoms with Crippen LogP contribution in [0.2, 0.25) is 0 Å². The molecule has 0 saturated heterocycles. The summed E-state index contributed by atoms with van der Waals surface area (Å²) >= 11 is 0. The number of hydrogen-bond donors (Lipinski definition) is 0. The minimum atomic E-state index is 0.800. The van der Waals surface area contributed by atoms with Crippen molar-refractivity contribution < 1.29 is 9.15 Å². The molecule has 146 valence electrons. The average Bonchev–Trinajstić information content (AvgIpc) is 3.25. The predicted molar refractivity (Wildman–Crippen MR) is 129 cm³/mol. The third-order valence-electron chi connectivity index (χ3n) is 6.50. The van der Waals surface area contributed by atoms with Gasteiger partial charge in [0.15, 0.2) is 0 Å². The molecule has 0 unspecified atom stereocenters. The van der Waals surface area contributed by atoms with Gasteiger partial charge < -0.3 is 9.15 Å². The monoisotopic (exact) mass is 398 g/mol. The summed E-state index contributed by atoms with van der Waals surface area (Å²) in [5, 5.41) is 11.3. The molecule has 0 N–H and O–H groups in total. The number of benzene rings is 6. The van der Waals surface area contributed by atoms with Crippen LogP contribution in [0.3, 0.4) is 0 Å². The van der Waals surface area contributed by atoms with Gasteiger partial charge in [0.2, 0.25) is 0 Å². The molecule has 0 aliphatic carbocycles. The molecule has 0 atom stereocenters. The molecule has 7 aromatic rings. The van der Waals surface area contributed by atoms with Gasteiger partial charge >= 0.3 is 0 Å². The first-order valence-corrected chi connectivity index (χ1v) is 10.5. The average molecular weight is 398 g/mol. The van der Waals surface area contributed by atoms with Gasteiger partial charge in [0, 0.05) is 22.4 Å². The van der Waals surface area contributed by atoms with E-state index in [4.69, 9.17) is 9.15 Å². The first-order chi connectivity index (χ1) is 15.3. The van der Waals surface area contributed by atoms with E-state index < -0.39 is 0 Å². The smallest absolute Gasteiger partial charge is 0.138 e. The Morgan fingerprint density at radius 2 is 1.26 bits per heavy atom. The zero-order valence-electron chi connectivity index (χ0n) is 17.0. The summed E-state index contributed by atoms with van der Waals surface area (Å²) in [7, 11) is 1.68. The number of fused-ring (bicyclic) bond motifs is 3. The highest BCUT2D eigenvalue weighted by atomic mass is 16.5. The Balaban J connectivity index is 1.69. The Morgan fingerprint density at radius 1 is 0.581 bits per heavy atom. The van der Waals surface area contributed by atoms with Gasteiger partial charge in [-0.05, 0) is 62.0 Å². The van der Waals surface area contributed by atoms with E-state index in [-0.39, 0.29) is 0 Å². The maximum Gasteiger partial charge on any atom is 0.138 e. The molecule has 0 saturated carbocycles. The Hall–Kier alpha value is -4.04.